The van der Waals surface area contributed by atoms with Gasteiger partial charge in [0.2, 0.25) is 0 Å². The van der Waals surface area contributed by atoms with Gasteiger partial charge >= 0.3 is 0 Å². The van der Waals surface area contributed by atoms with Crippen molar-refractivity contribution in [3.05, 3.63) is 82.1 Å². The largest absolute Gasteiger partial charge is 0.471 e. The number of rotatable bonds is 6. The van der Waals surface area contributed by atoms with Gasteiger partial charge in [0.25, 0.3) is 5.91 Å². The van der Waals surface area contributed by atoms with Crippen molar-refractivity contribution in [3.8, 4) is 5.75 Å². The predicted octanol–water partition coefficient (Wildman–Crippen LogP) is 4.12. The summed E-state index contributed by atoms with van der Waals surface area (Å²) in [6.07, 6.45) is 1.69. The first-order valence-corrected chi connectivity index (χ1v) is 10.7. The maximum atomic E-state index is 13.9. The molecule has 0 unspecified atom stereocenters. The highest BCUT2D eigenvalue weighted by Gasteiger charge is 2.24. The van der Waals surface area contributed by atoms with Crippen molar-refractivity contribution >= 4 is 17.5 Å². The lowest BCUT2D eigenvalue weighted by Gasteiger charge is -2.34. The van der Waals surface area contributed by atoms with E-state index < -0.39 is 11.6 Å². The third-order valence-corrected chi connectivity index (χ3v) is 5.86. The van der Waals surface area contributed by atoms with Crippen LogP contribution in [-0.4, -0.2) is 51.7 Å². The smallest absolute Gasteiger partial charge is 0.274 e. The Labute approximate surface area is 189 Å². The summed E-state index contributed by atoms with van der Waals surface area (Å²) in [4.78, 5) is 16.5. The Morgan fingerprint density at radius 3 is 2.66 bits per heavy atom. The Bertz CT molecular complexity index is 1110. The maximum Gasteiger partial charge on any atom is 0.274 e. The summed E-state index contributed by atoms with van der Waals surface area (Å²) in [6, 6.07) is 11.2. The molecule has 4 rings (SSSR count). The van der Waals surface area contributed by atoms with Crippen LogP contribution in [0.15, 0.2) is 48.7 Å². The zero-order valence-electron chi connectivity index (χ0n) is 17.6. The highest BCUT2D eigenvalue weighted by Crippen LogP contribution is 2.21. The molecule has 0 bridgehead atoms. The molecule has 6 nitrogen and oxygen atoms in total. The summed E-state index contributed by atoms with van der Waals surface area (Å²) >= 11 is 6.02. The molecule has 0 N–H and O–H groups in total. The number of carbonyl (C=O) groups is 1. The lowest BCUT2D eigenvalue weighted by atomic mass is 10.1. The normalized spacial score (nSPS) is 14.6. The molecule has 0 atom stereocenters. The minimum absolute atomic E-state index is 0.164. The van der Waals surface area contributed by atoms with E-state index in [2.05, 4.69) is 5.10 Å². The molecule has 2 aromatic carbocycles. The highest BCUT2D eigenvalue weighted by molar-refractivity contribution is 6.31. The van der Waals surface area contributed by atoms with Gasteiger partial charge in [-0.2, -0.15) is 5.10 Å². The van der Waals surface area contributed by atoms with Crippen LogP contribution in [0, 0.1) is 18.6 Å². The Morgan fingerprint density at radius 1 is 1.12 bits per heavy atom. The second-order valence-corrected chi connectivity index (χ2v) is 8.11. The molecule has 1 saturated heterocycles. The van der Waals surface area contributed by atoms with Gasteiger partial charge in [0, 0.05) is 49.5 Å². The van der Waals surface area contributed by atoms with E-state index in [0.717, 1.165) is 11.6 Å². The quantitative estimate of drug-likeness (QED) is 0.555. The van der Waals surface area contributed by atoms with Crippen LogP contribution in [0.25, 0.3) is 0 Å². The van der Waals surface area contributed by atoms with Crippen molar-refractivity contribution < 1.29 is 18.3 Å². The maximum absolute atomic E-state index is 13.9. The van der Waals surface area contributed by atoms with Crippen molar-refractivity contribution in [2.75, 3.05) is 26.2 Å². The van der Waals surface area contributed by atoms with Gasteiger partial charge in [0.15, 0.2) is 24.1 Å². The molecule has 32 heavy (non-hydrogen) atoms. The van der Waals surface area contributed by atoms with Crippen LogP contribution in [0.1, 0.15) is 21.6 Å². The molecule has 9 heteroatoms. The predicted molar refractivity (Wildman–Crippen MR) is 117 cm³/mol. The summed E-state index contributed by atoms with van der Waals surface area (Å²) in [6.45, 7) is 4.49. The number of halogens is 3. The summed E-state index contributed by atoms with van der Waals surface area (Å²) in [5.41, 5.74) is 1.57. The number of benzene rings is 2. The van der Waals surface area contributed by atoms with Crippen LogP contribution in [0.2, 0.25) is 5.02 Å². The van der Waals surface area contributed by atoms with Crippen LogP contribution in [0.3, 0.4) is 0 Å². The van der Waals surface area contributed by atoms with Crippen molar-refractivity contribution in [3.63, 3.8) is 0 Å². The molecule has 0 spiro atoms. The first-order chi connectivity index (χ1) is 15.4. The molecule has 1 aliphatic rings. The van der Waals surface area contributed by atoms with Gasteiger partial charge in [-0.3, -0.25) is 9.69 Å². The molecule has 3 aromatic rings. The van der Waals surface area contributed by atoms with Crippen LogP contribution in [-0.2, 0) is 13.3 Å². The summed E-state index contributed by atoms with van der Waals surface area (Å²) in [5.74, 6) is -1.15. The van der Waals surface area contributed by atoms with Gasteiger partial charge in [-0.15, -0.1) is 0 Å². The topological polar surface area (TPSA) is 50.6 Å². The minimum atomic E-state index is -0.845. The highest BCUT2D eigenvalue weighted by atomic mass is 35.5. The average molecular weight is 461 g/mol. The summed E-state index contributed by atoms with van der Waals surface area (Å²) in [7, 11) is 0. The van der Waals surface area contributed by atoms with Crippen LogP contribution < -0.4 is 4.74 Å². The summed E-state index contributed by atoms with van der Waals surface area (Å²) < 4.78 is 34.6. The number of ether oxygens (including phenoxy) is 1. The SMILES string of the molecule is Cc1cc(OCn2ccc(C(=O)N3CCN(Cc4cccc(F)c4F)CC3)n2)ccc1Cl. The molecule has 0 radical (unpaired) electrons. The van der Waals surface area contributed by atoms with E-state index in [4.69, 9.17) is 16.3 Å². The lowest BCUT2D eigenvalue weighted by Crippen LogP contribution is -2.48. The summed E-state index contributed by atoms with van der Waals surface area (Å²) in [5, 5.41) is 4.99. The number of amides is 1. The van der Waals surface area contributed by atoms with Crippen LogP contribution in [0.4, 0.5) is 8.78 Å². The molecule has 168 valence electrons. The van der Waals surface area contributed by atoms with Gasteiger partial charge in [-0.25, -0.2) is 13.5 Å². The molecular weight excluding hydrogens is 438 g/mol. The second-order valence-electron chi connectivity index (χ2n) is 7.71. The van der Waals surface area contributed by atoms with E-state index in [1.54, 1.807) is 40.0 Å². The van der Waals surface area contributed by atoms with Crippen molar-refractivity contribution in [1.29, 1.82) is 0 Å². The Kier molecular flexibility index (Phi) is 6.72. The zero-order chi connectivity index (χ0) is 22.7. The molecule has 1 aromatic heterocycles. The van der Waals surface area contributed by atoms with E-state index in [0.29, 0.717) is 54.8 Å². The number of aromatic nitrogens is 2. The molecule has 2 heterocycles. The Morgan fingerprint density at radius 2 is 1.91 bits per heavy atom. The van der Waals surface area contributed by atoms with Gasteiger partial charge in [0.05, 0.1) is 0 Å². The second kappa shape index (κ2) is 9.67. The first kappa shape index (κ1) is 22.2. The number of carbonyl (C=O) groups excluding carboxylic acids is 1. The third kappa shape index (κ3) is 5.08. The fourth-order valence-electron chi connectivity index (χ4n) is 3.58. The number of piperazine rings is 1. The Hall–Kier alpha value is -2.97. The van der Waals surface area contributed by atoms with E-state index >= 15 is 0 Å². The van der Waals surface area contributed by atoms with Crippen LogP contribution >= 0.6 is 11.6 Å². The van der Waals surface area contributed by atoms with Crippen molar-refractivity contribution in [2.45, 2.75) is 20.2 Å². The standard InChI is InChI=1S/C23H23ClF2N4O2/c1-16-13-18(5-6-19(16)24)32-15-30-8-7-21(27-30)23(31)29-11-9-28(10-12-29)14-17-3-2-4-20(25)22(17)26/h2-8,13H,9-12,14-15H2,1H3. The fourth-order valence-corrected chi connectivity index (χ4v) is 3.70. The van der Waals surface area contributed by atoms with E-state index in [-0.39, 0.29) is 12.6 Å². The number of nitrogens with zero attached hydrogens (tertiary/aromatic N) is 4. The molecule has 0 aliphatic carbocycles. The molecular formula is C23H23ClF2N4O2. The third-order valence-electron chi connectivity index (χ3n) is 5.44. The van der Waals surface area contributed by atoms with Crippen LogP contribution in [0.5, 0.6) is 5.75 Å². The van der Waals surface area contributed by atoms with E-state index in [1.807, 2.05) is 17.9 Å². The van der Waals surface area contributed by atoms with Gasteiger partial charge in [-0.1, -0.05) is 23.7 Å². The van der Waals surface area contributed by atoms with Gasteiger partial charge in [0.1, 0.15) is 5.75 Å². The molecule has 1 aliphatic heterocycles. The number of aryl methyl sites for hydroxylation is 1. The average Bonchev–Trinajstić information content (AvgIpc) is 3.27. The molecule has 0 saturated carbocycles. The van der Waals surface area contributed by atoms with Crippen molar-refractivity contribution in [1.82, 2.24) is 19.6 Å². The van der Waals surface area contributed by atoms with Crippen molar-refractivity contribution in [2.24, 2.45) is 0 Å². The number of hydrogen-bond acceptors (Lipinski definition) is 4. The molecule has 1 fully saturated rings. The lowest BCUT2D eigenvalue weighted by molar-refractivity contribution is 0.0619. The fraction of sp³-hybridized carbons (Fsp3) is 0.304. The first-order valence-electron chi connectivity index (χ1n) is 10.3. The zero-order valence-corrected chi connectivity index (χ0v) is 18.4. The van der Waals surface area contributed by atoms with E-state index in [9.17, 15) is 13.6 Å². The minimum Gasteiger partial charge on any atom is -0.471 e. The molecule has 1 amide bonds. The Balaban J connectivity index is 1.29. The van der Waals surface area contributed by atoms with E-state index in [1.165, 1.54) is 6.07 Å². The van der Waals surface area contributed by atoms with Gasteiger partial charge in [-0.05, 0) is 42.8 Å². The monoisotopic (exact) mass is 460 g/mol. The van der Waals surface area contributed by atoms with Gasteiger partial charge < -0.3 is 9.64 Å². The number of hydrogen-bond donors (Lipinski definition) is 0.